The Hall–Kier alpha value is -6.16. The number of methoxy groups -OCH3 is 1. The van der Waals surface area contributed by atoms with Crippen molar-refractivity contribution < 1.29 is 37.1 Å². The van der Waals surface area contributed by atoms with Gasteiger partial charge in [0.15, 0.2) is 0 Å². The van der Waals surface area contributed by atoms with Gasteiger partial charge in [-0.1, -0.05) is 24.3 Å². The smallest absolute Gasteiger partial charge is 0.419 e. The van der Waals surface area contributed by atoms with Gasteiger partial charge in [-0.25, -0.2) is 4.98 Å². The largest absolute Gasteiger partial charge is 0.494 e. The lowest BCUT2D eigenvalue weighted by Crippen LogP contribution is -2.52. The molecule has 3 aliphatic heterocycles. The molecule has 1 aromatic heterocycles. The number of benzene rings is 3. The normalized spacial score (nSPS) is 17.4. The lowest BCUT2D eigenvalue weighted by molar-refractivity contribution is -0.138. The number of piperidine rings is 2. The van der Waals surface area contributed by atoms with Crippen molar-refractivity contribution in [2.75, 3.05) is 49.8 Å². The molecule has 3 aliphatic rings. The van der Waals surface area contributed by atoms with Gasteiger partial charge in [-0.3, -0.25) is 29.4 Å². The van der Waals surface area contributed by atoms with Crippen LogP contribution in [-0.4, -0.2) is 84.8 Å². The summed E-state index contributed by atoms with van der Waals surface area (Å²) in [7, 11) is 5.06. The predicted molar refractivity (Wildman–Crippen MR) is 208 cm³/mol. The molecule has 4 N–H and O–H groups in total. The van der Waals surface area contributed by atoms with Crippen LogP contribution in [0.2, 0.25) is 0 Å². The summed E-state index contributed by atoms with van der Waals surface area (Å²) in [6.07, 6.45) is -1.61. The topological polar surface area (TPSA) is 148 Å². The molecular formula is C41H43F3N8O5. The molecule has 1 atom stereocenters. The SMILES string of the molecule is CNC(=O)c1ccccc1Nc1cc(Nc2ccc(N3CCC(N(C)Cc4ccc5c(c4)CN(C4CCC(=O)NC4=O)C5=O)CC3)cc2OC)ncc1C(F)(F)F. The molecule has 0 saturated carbocycles. The van der Waals surface area contributed by atoms with E-state index >= 15 is 0 Å². The maximum Gasteiger partial charge on any atom is 0.419 e. The molecule has 0 aliphatic carbocycles. The highest BCUT2D eigenvalue weighted by Gasteiger charge is 2.39. The van der Waals surface area contributed by atoms with Gasteiger partial charge in [0.25, 0.3) is 11.8 Å². The van der Waals surface area contributed by atoms with Gasteiger partial charge in [-0.15, -0.1) is 0 Å². The second kappa shape index (κ2) is 16.1. The first-order valence-electron chi connectivity index (χ1n) is 18.6. The van der Waals surface area contributed by atoms with Crippen LogP contribution in [0.25, 0.3) is 0 Å². The summed E-state index contributed by atoms with van der Waals surface area (Å²) in [5, 5.41) is 10.7. The number of amides is 4. The fourth-order valence-corrected chi connectivity index (χ4v) is 7.75. The molecule has 298 valence electrons. The van der Waals surface area contributed by atoms with Gasteiger partial charge >= 0.3 is 6.18 Å². The molecule has 0 spiro atoms. The number of pyridine rings is 1. The Morgan fingerprint density at radius 1 is 0.965 bits per heavy atom. The van der Waals surface area contributed by atoms with Crippen LogP contribution < -0.4 is 30.9 Å². The zero-order chi connectivity index (χ0) is 40.4. The quantitative estimate of drug-likeness (QED) is 0.137. The van der Waals surface area contributed by atoms with Crippen molar-refractivity contribution in [2.45, 2.75) is 57.0 Å². The minimum atomic E-state index is -4.70. The number of anilines is 5. The minimum Gasteiger partial charge on any atom is -0.494 e. The second-order valence-electron chi connectivity index (χ2n) is 14.4. The number of fused-ring (bicyclic) bond motifs is 1. The van der Waals surface area contributed by atoms with Crippen LogP contribution in [0.15, 0.2) is 72.9 Å². The number of aromatic nitrogens is 1. The molecule has 4 heterocycles. The molecular weight excluding hydrogens is 741 g/mol. The van der Waals surface area contributed by atoms with Gasteiger partial charge in [0.2, 0.25) is 11.8 Å². The molecule has 13 nitrogen and oxygen atoms in total. The van der Waals surface area contributed by atoms with E-state index in [0.29, 0.717) is 42.6 Å². The van der Waals surface area contributed by atoms with E-state index in [4.69, 9.17) is 4.74 Å². The number of para-hydroxylation sites is 1. The molecule has 2 fully saturated rings. The van der Waals surface area contributed by atoms with Gasteiger partial charge in [0, 0.05) is 75.3 Å². The van der Waals surface area contributed by atoms with E-state index in [1.165, 1.54) is 32.4 Å². The van der Waals surface area contributed by atoms with E-state index in [-0.39, 0.29) is 41.0 Å². The summed E-state index contributed by atoms with van der Waals surface area (Å²) < 4.78 is 47.8. The zero-order valence-electron chi connectivity index (χ0n) is 31.7. The fraction of sp³-hybridized carbons (Fsp3) is 0.341. The monoisotopic (exact) mass is 784 g/mol. The zero-order valence-corrected chi connectivity index (χ0v) is 31.7. The predicted octanol–water partition coefficient (Wildman–Crippen LogP) is 5.82. The molecule has 57 heavy (non-hydrogen) atoms. The average Bonchev–Trinajstić information content (AvgIpc) is 3.52. The van der Waals surface area contributed by atoms with Crippen LogP contribution in [0.1, 0.15) is 63.1 Å². The Kier molecular flexibility index (Phi) is 11.1. The van der Waals surface area contributed by atoms with Crippen LogP contribution in [-0.2, 0) is 28.9 Å². The number of ether oxygens (including phenoxy) is 1. The van der Waals surface area contributed by atoms with Crippen LogP contribution in [0.3, 0.4) is 0 Å². The van der Waals surface area contributed by atoms with Crippen molar-refractivity contribution in [1.29, 1.82) is 0 Å². The first-order chi connectivity index (χ1) is 27.3. The second-order valence-corrected chi connectivity index (χ2v) is 14.4. The number of carbonyl (C=O) groups is 4. The van der Waals surface area contributed by atoms with Gasteiger partial charge in [0.05, 0.1) is 35.3 Å². The number of hydrogen-bond donors (Lipinski definition) is 4. The standard InChI is InChI=1S/C41H43F3N8O5/c1-45-38(54)29-6-4-5-7-31(29)47-33-20-36(46-21-30(33)41(42,43)44)48-32-11-9-27(19-35(32)57-3)51-16-14-26(15-17-51)50(2)22-24-8-10-28-25(18-24)23-52(40(28)56)34-12-13-37(53)49-39(34)55/h4-11,18-21,26,34H,12-17,22-23H2,1-3H3,(H,45,54)(H2,46,47,48)(H,49,53,55). The Bertz CT molecular complexity index is 2210. The van der Waals surface area contributed by atoms with E-state index in [1.807, 2.05) is 30.3 Å². The summed E-state index contributed by atoms with van der Waals surface area (Å²) in [6.45, 7) is 2.60. The van der Waals surface area contributed by atoms with Crippen LogP contribution in [0.5, 0.6) is 5.75 Å². The number of nitrogens with one attached hydrogen (secondary N) is 4. The minimum absolute atomic E-state index is 0.138. The lowest BCUT2D eigenvalue weighted by atomic mass is 10.0. The van der Waals surface area contributed by atoms with Crippen molar-refractivity contribution in [3.8, 4) is 5.75 Å². The summed E-state index contributed by atoms with van der Waals surface area (Å²) in [4.78, 5) is 59.8. The van der Waals surface area contributed by atoms with E-state index in [9.17, 15) is 32.3 Å². The number of nitrogens with zero attached hydrogens (tertiary/aromatic N) is 4. The molecule has 0 radical (unpaired) electrons. The van der Waals surface area contributed by atoms with E-state index in [0.717, 1.165) is 48.9 Å². The number of hydrogen-bond acceptors (Lipinski definition) is 10. The molecule has 2 saturated heterocycles. The first-order valence-corrected chi connectivity index (χ1v) is 18.6. The Labute approximate surface area is 327 Å². The van der Waals surface area contributed by atoms with Crippen LogP contribution in [0, 0.1) is 0 Å². The summed E-state index contributed by atoms with van der Waals surface area (Å²) in [6, 6.07) is 18.7. The van der Waals surface area contributed by atoms with Crippen molar-refractivity contribution in [2.24, 2.45) is 0 Å². The third kappa shape index (κ3) is 8.36. The van der Waals surface area contributed by atoms with E-state index in [1.54, 1.807) is 23.1 Å². The molecule has 4 aromatic rings. The van der Waals surface area contributed by atoms with E-state index in [2.05, 4.69) is 43.1 Å². The molecule has 16 heteroatoms. The Balaban J connectivity index is 0.981. The lowest BCUT2D eigenvalue weighted by Gasteiger charge is -2.38. The highest BCUT2D eigenvalue weighted by molar-refractivity contribution is 6.05. The highest BCUT2D eigenvalue weighted by atomic mass is 19.4. The van der Waals surface area contributed by atoms with Crippen LogP contribution in [0.4, 0.5) is 41.7 Å². The van der Waals surface area contributed by atoms with Crippen LogP contribution >= 0.6 is 0 Å². The van der Waals surface area contributed by atoms with E-state index < -0.39 is 29.6 Å². The summed E-state index contributed by atoms with van der Waals surface area (Å²) >= 11 is 0. The average molecular weight is 785 g/mol. The molecule has 1 unspecified atom stereocenters. The Morgan fingerprint density at radius 2 is 1.74 bits per heavy atom. The van der Waals surface area contributed by atoms with Gasteiger partial charge in [0.1, 0.15) is 17.6 Å². The number of imide groups is 1. The molecule has 3 aromatic carbocycles. The number of alkyl halides is 3. The fourth-order valence-electron chi connectivity index (χ4n) is 7.75. The summed E-state index contributed by atoms with van der Waals surface area (Å²) in [5.74, 6) is -0.748. The number of carbonyl (C=O) groups excluding carboxylic acids is 4. The van der Waals surface area contributed by atoms with Crippen molar-refractivity contribution in [3.63, 3.8) is 0 Å². The number of halogens is 3. The number of rotatable bonds is 11. The molecule has 4 amide bonds. The van der Waals surface area contributed by atoms with Crippen molar-refractivity contribution >= 4 is 52.2 Å². The summed E-state index contributed by atoms with van der Waals surface area (Å²) in [5.41, 5.74) is 3.13. The Morgan fingerprint density at radius 3 is 2.46 bits per heavy atom. The third-order valence-corrected chi connectivity index (χ3v) is 10.8. The van der Waals surface area contributed by atoms with Gasteiger partial charge in [-0.05, 0) is 67.8 Å². The maximum absolute atomic E-state index is 14.0. The van der Waals surface area contributed by atoms with Gasteiger partial charge < -0.3 is 30.5 Å². The maximum atomic E-state index is 14.0. The van der Waals surface area contributed by atoms with Crippen molar-refractivity contribution in [3.05, 3.63) is 101 Å². The van der Waals surface area contributed by atoms with Crippen molar-refractivity contribution in [1.82, 2.24) is 25.4 Å². The molecule has 7 rings (SSSR count). The third-order valence-electron chi connectivity index (χ3n) is 10.8. The molecule has 0 bridgehead atoms. The van der Waals surface area contributed by atoms with Gasteiger partial charge in [-0.2, -0.15) is 13.2 Å². The highest BCUT2D eigenvalue weighted by Crippen LogP contribution is 2.39. The first kappa shape index (κ1) is 39.1.